The molecule has 1 heterocycles. The summed E-state index contributed by atoms with van der Waals surface area (Å²) in [6.45, 7) is 4.82. The maximum absolute atomic E-state index is 6.07. The summed E-state index contributed by atoms with van der Waals surface area (Å²) in [5, 5.41) is 5.00. The van der Waals surface area contributed by atoms with Crippen molar-refractivity contribution in [2.24, 2.45) is 0 Å². The number of nitrogens with zero attached hydrogens (tertiary/aromatic N) is 1. The minimum Gasteiger partial charge on any atom is -0.396 e. The van der Waals surface area contributed by atoms with Crippen LogP contribution in [0.25, 0.3) is 10.9 Å². The van der Waals surface area contributed by atoms with Crippen LogP contribution >= 0.6 is 11.6 Å². The van der Waals surface area contributed by atoms with Crippen LogP contribution in [0.3, 0.4) is 0 Å². The first kappa shape index (κ1) is 11.0. The van der Waals surface area contributed by atoms with Crippen molar-refractivity contribution in [2.75, 3.05) is 17.6 Å². The average molecular weight is 236 g/mol. The van der Waals surface area contributed by atoms with Gasteiger partial charge < -0.3 is 11.1 Å². The molecule has 3 N–H and O–H groups in total. The summed E-state index contributed by atoms with van der Waals surface area (Å²) in [6.07, 6.45) is 1.67. The van der Waals surface area contributed by atoms with E-state index in [1.807, 2.05) is 26.0 Å². The van der Waals surface area contributed by atoms with E-state index in [1.54, 1.807) is 6.20 Å². The first-order valence-corrected chi connectivity index (χ1v) is 5.60. The Kier molecular flexibility index (Phi) is 2.88. The van der Waals surface area contributed by atoms with Crippen LogP contribution in [0.4, 0.5) is 11.4 Å². The Balaban J connectivity index is 2.78. The number of hydrogen-bond acceptors (Lipinski definition) is 3. The summed E-state index contributed by atoms with van der Waals surface area (Å²) in [4.78, 5) is 4.33. The number of aromatic nitrogens is 1. The molecule has 16 heavy (non-hydrogen) atoms. The van der Waals surface area contributed by atoms with Gasteiger partial charge in [0.25, 0.3) is 0 Å². The summed E-state index contributed by atoms with van der Waals surface area (Å²) in [7, 11) is 0. The monoisotopic (exact) mass is 235 g/mol. The Bertz CT molecular complexity index is 537. The molecule has 0 spiro atoms. The number of nitrogen functional groups attached to an aromatic ring is 1. The molecule has 0 saturated heterocycles. The van der Waals surface area contributed by atoms with E-state index in [0.717, 1.165) is 33.7 Å². The van der Waals surface area contributed by atoms with E-state index >= 15 is 0 Å². The lowest BCUT2D eigenvalue weighted by atomic mass is 10.1. The number of anilines is 2. The summed E-state index contributed by atoms with van der Waals surface area (Å²) >= 11 is 6.07. The molecule has 0 fully saturated rings. The zero-order chi connectivity index (χ0) is 11.7. The van der Waals surface area contributed by atoms with Gasteiger partial charge in [-0.2, -0.15) is 0 Å². The molecule has 0 aliphatic heterocycles. The van der Waals surface area contributed by atoms with Gasteiger partial charge in [0, 0.05) is 17.0 Å². The number of benzene rings is 1. The highest BCUT2D eigenvalue weighted by Crippen LogP contribution is 2.32. The van der Waals surface area contributed by atoms with Crippen molar-refractivity contribution in [1.29, 1.82) is 0 Å². The van der Waals surface area contributed by atoms with Gasteiger partial charge in [0.15, 0.2) is 0 Å². The summed E-state index contributed by atoms with van der Waals surface area (Å²) in [5.74, 6) is 0. The molecule has 0 saturated carbocycles. The van der Waals surface area contributed by atoms with Crippen LogP contribution in [-0.2, 0) is 0 Å². The zero-order valence-electron chi connectivity index (χ0n) is 9.34. The highest BCUT2D eigenvalue weighted by Gasteiger charge is 2.09. The quantitative estimate of drug-likeness (QED) is 0.841. The molecule has 0 unspecified atom stereocenters. The third-order valence-electron chi connectivity index (χ3n) is 2.61. The van der Waals surface area contributed by atoms with Crippen molar-refractivity contribution in [3.63, 3.8) is 0 Å². The van der Waals surface area contributed by atoms with E-state index in [2.05, 4.69) is 10.3 Å². The number of aryl methyl sites for hydroxylation is 1. The number of halogens is 1. The van der Waals surface area contributed by atoms with E-state index < -0.39 is 0 Å². The minimum atomic E-state index is 0.663. The first-order valence-electron chi connectivity index (χ1n) is 5.22. The molecule has 3 nitrogen and oxygen atoms in total. The van der Waals surface area contributed by atoms with Gasteiger partial charge in [0.2, 0.25) is 0 Å². The van der Waals surface area contributed by atoms with Gasteiger partial charge in [-0.3, -0.25) is 4.98 Å². The fraction of sp³-hybridized carbons (Fsp3) is 0.250. The van der Waals surface area contributed by atoms with E-state index in [1.165, 1.54) is 0 Å². The number of hydrogen-bond donors (Lipinski definition) is 2. The fourth-order valence-electron chi connectivity index (χ4n) is 1.77. The molecule has 0 amide bonds. The molecule has 0 bridgehead atoms. The Morgan fingerprint density at radius 3 is 2.88 bits per heavy atom. The van der Waals surface area contributed by atoms with Crippen LogP contribution in [-0.4, -0.2) is 11.5 Å². The van der Waals surface area contributed by atoms with Gasteiger partial charge in [-0.05, 0) is 31.5 Å². The Labute approximate surface area is 99.6 Å². The number of nitrogens with one attached hydrogen (secondary N) is 1. The number of pyridine rings is 1. The SMILES string of the molecule is CCNc1c(N)cnc2c(C)c(Cl)ccc12. The predicted octanol–water partition coefficient (Wildman–Crippen LogP) is 3.21. The second-order valence-electron chi connectivity index (χ2n) is 3.69. The molecule has 0 radical (unpaired) electrons. The van der Waals surface area contributed by atoms with Crippen molar-refractivity contribution in [1.82, 2.24) is 4.98 Å². The molecule has 2 rings (SSSR count). The Morgan fingerprint density at radius 1 is 1.44 bits per heavy atom. The Hall–Kier alpha value is -1.48. The van der Waals surface area contributed by atoms with Crippen LogP contribution in [0.1, 0.15) is 12.5 Å². The number of nitrogens with two attached hydrogens (primary N) is 1. The molecule has 1 aromatic carbocycles. The smallest absolute Gasteiger partial charge is 0.0768 e. The van der Waals surface area contributed by atoms with Gasteiger partial charge in [0.1, 0.15) is 0 Å². The lowest BCUT2D eigenvalue weighted by Gasteiger charge is -2.12. The number of fused-ring (bicyclic) bond motifs is 1. The van der Waals surface area contributed by atoms with Gasteiger partial charge in [-0.1, -0.05) is 11.6 Å². The van der Waals surface area contributed by atoms with Crippen molar-refractivity contribution in [3.8, 4) is 0 Å². The standard InChI is InChI=1S/C12H14ClN3/c1-3-15-12-8-4-5-9(13)7(2)11(8)16-6-10(12)14/h4-6H,3,14H2,1-2H3,(H,15,16). The van der Waals surface area contributed by atoms with Crippen LogP contribution in [0, 0.1) is 6.92 Å². The second kappa shape index (κ2) is 4.18. The molecule has 0 atom stereocenters. The number of rotatable bonds is 2. The van der Waals surface area contributed by atoms with Crippen molar-refractivity contribution in [2.45, 2.75) is 13.8 Å². The van der Waals surface area contributed by atoms with Crippen LogP contribution in [0.2, 0.25) is 5.02 Å². The molecule has 0 aliphatic carbocycles. The van der Waals surface area contributed by atoms with E-state index in [-0.39, 0.29) is 0 Å². The topological polar surface area (TPSA) is 50.9 Å². The van der Waals surface area contributed by atoms with Crippen LogP contribution in [0.15, 0.2) is 18.3 Å². The largest absolute Gasteiger partial charge is 0.396 e. The third-order valence-corrected chi connectivity index (χ3v) is 3.02. The highest BCUT2D eigenvalue weighted by molar-refractivity contribution is 6.32. The summed E-state index contributed by atoms with van der Waals surface area (Å²) in [5.41, 5.74) is 9.39. The van der Waals surface area contributed by atoms with Gasteiger partial charge >= 0.3 is 0 Å². The normalized spacial score (nSPS) is 10.7. The maximum atomic E-state index is 6.07. The highest BCUT2D eigenvalue weighted by atomic mass is 35.5. The lowest BCUT2D eigenvalue weighted by molar-refractivity contribution is 1.21. The average Bonchev–Trinajstić information content (AvgIpc) is 2.27. The molecule has 4 heteroatoms. The van der Waals surface area contributed by atoms with Crippen LogP contribution in [0.5, 0.6) is 0 Å². The molecular formula is C12H14ClN3. The molecule has 0 aliphatic rings. The fourth-order valence-corrected chi connectivity index (χ4v) is 1.92. The van der Waals surface area contributed by atoms with Gasteiger partial charge in [-0.25, -0.2) is 0 Å². The molecule has 84 valence electrons. The van der Waals surface area contributed by atoms with Crippen molar-refractivity contribution < 1.29 is 0 Å². The third kappa shape index (κ3) is 1.67. The zero-order valence-corrected chi connectivity index (χ0v) is 10.1. The maximum Gasteiger partial charge on any atom is 0.0768 e. The summed E-state index contributed by atoms with van der Waals surface area (Å²) in [6, 6.07) is 3.83. The van der Waals surface area contributed by atoms with Gasteiger partial charge in [-0.15, -0.1) is 0 Å². The first-order chi connectivity index (χ1) is 7.65. The molecular weight excluding hydrogens is 222 g/mol. The minimum absolute atomic E-state index is 0.663. The summed E-state index contributed by atoms with van der Waals surface area (Å²) < 4.78 is 0. The Morgan fingerprint density at radius 2 is 2.19 bits per heavy atom. The van der Waals surface area contributed by atoms with Crippen LogP contribution < -0.4 is 11.1 Å². The van der Waals surface area contributed by atoms with Gasteiger partial charge in [0.05, 0.1) is 23.1 Å². The molecule has 1 aromatic heterocycles. The molecule has 2 aromatic rings. The predicted molar refractivity (Wildman–Crippen MR) is 70.1 cm³/mol. The lowest BCUT2D eigenvalue weighted by Crippen LogP contribution is -2.03. The van der Waals surface area contributed by atoms with E-state index in [4.69, 9.17) is 17.3 Å². The second-order valence-corrected chi connectivity index (χ2v) is 4.09. The van der Waals surface area contributed by atoms with Crippen molar-refractivity contribution in [3.05, 3.63) is 28.9 Å². The van der Waals surface area contributed by atoms with Crippen molar-refractivity contribution >= 4 is 33.9 Å². The van der Waals surface area contributed by atoms with E-state index in [9.17, 15) is 0 Å². The van der Waals surface area contributed by atoms with E-state index in [0.29, 0.717) is 5.69 Å².